The Labute approximate surface area is 178 Å². The summed E-state index contributed by atoms with van der Waals surface area (Å²) in [6.07, 6.45) is 3.64. The number of pyridine rings is 1. The van der Waals surface area contributed by atoms with Gasteiger partial charge in [0.05, 0.1) is 11.1 Å². The summed E-state index contributed by atoms with van der Waals surface area (Å²) in [6.45, 7) is 6.54. The SMILES string of the molecule is CCCOCC[C@H]1CN(C(=O)c2cccc3cccnc23)CCN1C[C@@H](N)CS. The van der Waals surface area contributed by atoms with Gasteiger partial charge in [0, 0.05) is 68.8 Å². The van der Waals surface area contributed by atoms with Gasteiger partial charge < -0.3 is 15.4 Å². The molecule has 1 amide bonds. The fourth-order valence-corrected chi connectivity index (χ4v) is 3.98. The molecule has 3 rings (SSSR count). The van der Waals surface area contributed by atoms with E-state index in [2.05, 4.69) is 29.4 Å². The second kappa shape index (κ2) is 10.9. The first-order valence-corrected chi connectivity index (χ1v) is 11.1. The van der Waals surface area contributed by atoms with Crippen molar-refractivity contribution in [3.63, 3.8) is 0 Å². The number of rotatable bonds is 9. The van der Waals surface area contributed by atoms with Gasteiger partial charge in [-0.3, -0.25) is 14.7 Å². The molecule has 0 spiro atoms. The molecule has 0 saturated carbocycles. The monoisotopic (exact) mass is 416 g/mol. The zero-order valence-electron chi connectivity index (χ0n) is 17.2. The maximum absolute atomic E-state index is 13.3. The largest absolute Gasteiger partial charge is 0.381 e. The standard InChI is InChI=1S/C22H32N4O2S/c1-2-12-28-13-8-19-15-26(11-10-25(19)14-18(23)16-29)22(27)20-7-3-5-17-6-4-9-24-21(17)20/h3-7,9,18-19,29H,2,8,10-16,23H2,1H3/t18-,19+/m1/s1. The van der Waals surface area contributed by atoms with Crippen LogP contribution in [0.3, 0.4) is 0 Å². The summed E-state index contributed by atoms with van der Waals surface area (Å²) in [4.78, 5) is 22.1. The van der Waals surface area contributed by atoms with Gasteiger partial charge in [0.1, 0.15) is 0 Å². The average molecular weight is 417 g/mol. The van der Waals surface area contributed by atoms with Crippen LogP contribution >= 0.6 is 12.6 Å². The third-order valence-electron chi connectivity index (χ3n) is 5.40. The van der Waals surface area contributed by atoms with E-state index in [4.69, 9.17) is 10.5 Å². The molecule has 6 nitrogen and oxygen atoms in total. The van der Waals surface area contributed by atoms with E-state index in [1.54, 1.807) is 6.20 Å². The smallest absolute Gasteiger partial charge is 0.256 e. The van der Waals surface area contributed by atoms with E-state index in [1.807, 2.05) is 35.2 Å². The van der Waals surface area contributed by atoms with Gasteiger partial charge in [0.2, 0.25) is 0 Å². The molecule has 1 aliphatic rings. The number of nitrogens with zero attached hydrogens (tertiary/aromatic N) is 3. The van der Waals surface area contributed by atoms with E-state index in [-0.39, 0.29) is 18.0 Å². The summed E-state index contributed by atoms with van der Waals surface area (Å²) in [7, 11) is 0. The predicted octanol–water partition coefficient (Wildman–Crippen LogP) is 2.44. The van der Waals surface area contributed by atoms with E-state index < -0.39 is 0 Å². The highest BCUT2D eigenvalue weighted by atomic mass is 32.1. The molecule has 1 fully saturated rings. The number of nitrogens with two attached hydrogens (primary N) is 1. The minimum Gasteiger partial charge on any atom is -0.381 e. The molecule has 2 N–H and O–H groups in total. The van der Waals surface area contributed by atoms with E-state index in [0.717, 1.165) is 43.4 Å². The van der Waals surface area contributed by atoms with Crippen LogP contribution in [0.4, 0.5) is 0 Å². The van der Waals surface area contributed by atoms with E-state index in [0.29, 0.717) is 31.0 Å². The molecule has 2 aromatic rings. The van der Waals surface area contributed by atoms with E-state index in [9.17, 15) is 4.79 Å². The topological polar surface area (TPSA) is 71.7 Å². The molecule has 1 aromatic carbocycles. The minimum atomic E-state index is 0.0295. The van der Waals surface area contributed by atoms with Crippen molar-refractivity contribution in [1.29, 1.82) is 0 Å². The number of carbonyl (C=O) groups excluding carboxylic acids is 1. The summed E-state index contributed by atoms with van der Waals surface area (Å²) in [5.41, 5.74) is 7.59. The zero-order valence-corrected chi connectivity index (χ0v) is 18.1. The summed E-state index contributed by atoms with van der Waals surface area (Å²) >= 11 is 4.33. The van der Waals surface area contributed by atoms with E-state index in [1.165, 1.54) is 0 Å². The number of benzene rings is 1. The van der Waals surface area contributed by atoms with Gasteiger partial charge in [-0.1, -0.05) is 25.1 Å². The number of carbonyl (C=O) groups is 1. The first-order valence-electron chi connectivity index (χ1n) is 10.4. The van der Waals surface area contributed by atoms with Crippen LogP contribution in [0.5, 0.6) is 0 Å². The van der Waals surface area contributed by atoms with Gasteiger partial charge in [-0.25, -0.2) is 0 Å². The Morgan fingerprint density at radius 3 is 2.93 bits per heavy atom. The Bertz CT molecular complexity index is 798. The van der Waals surface area contributed by atoms with E-state index >= 15 is 0 Å². The lowest BCUT2D eigenvalue weighted by Crippen LogP contribution is -2.57. The normalized spacial score (nSPS) is 18.9. The van der Waals surface area contributed by atoms with Gasteiger partial charge in [-0.2, -0.15) is 12.6 Å². The number of hydrogen-bond donors (Lipinski definition) is 2. The van der Waals surface area contributed by atoms with Crippen LogP contribution < -0.4 is 5.73 Å². The predicted molar refractivity (Wildman–Crippen MR) is 121 cm³/mol. The van der Waals surface area contributed by atoms with Crippen molar-refractivity contribution >= 4 is 29.4 Å². The van der Waals surface area contributed by atoms with Crippen molar-refractivity contribution in [1.82, 2.24) is 14.8 Å². The first kappa shape index (κ1) is 22.0. The van der Waals surface area contributed by atoms with Crippen molar-refractivity contribution in [2.75, 3.05) is 45.1 Å². The van der Waals surface area contributed by atoms with Crippen LogP contribution in [-0.4, -0.2) is 77.9 Å². The highest BCUT2D eigenvalue weighted by Crippen LogP contribution is 2.21. The van der Waals surface area contributed by atoms with Gasteiger partial charge >= 0.3 is 0 Å². The highest BCUT2D eigenvalue weighted by Gasteiger charge is 2.31. The lowest BCUT2D eigenvalue weighted by molar-refractivity contribution is 0.0339. The third-order valence-corrected chi connectivity index (χ3v) is 5.87. The maximum atomic E-state index is 13.3. The second-order valence-corrected chi connectivity index (χ2v) is 7.99. The molecule has 2 atom stereocenters. The number of amides is 1. The summed E-state index contributed by atoms with van der Waals surface area (Å²) in [5, 5.41) is 0.987. The summed E-state index contributed by atoms with van der Waals surface area (Å²) in [6, 6.07) is 9.94. The fourth-order valence-electron chi connectivity index (χ4n) is 3.86. The molecule has 29 heavy (non-hydrogen) atoms. The Balaban J connectivity index is 1.73. The van der Waals surface area contributed by atoms with Crippen LogP contribution in [0.25, 0.3) is 10.9 Å². The van der Waals surface area contributed by atoms with Crippen LogP contribution in [0.1, 0.15) is 30.1 Å². The highest BCUT2D eigenvalue weighted by molar-refractivity contribution is 7.80. The number of thiol groups is 1. The van der Waals surface area contributed by atoms with Crippen molar-refractivity contribution in [3.8, 4) is 0 Å². The molecule has 2 heterocycles. The molecule has 0 radical (unpaired) electrons. The van der Waals surface area contributed by atoms with Crippen molar-refractivity contribution in [3.05, 3.63) is 42.1 Å². The Morgan fingerprint density at radius 2 is 2.14 bits per heavy atom. The molecule has 0 unspecified atom stereocenters. The Hall–Kier alpha value is -1.67. The first-order chi connectivity index (χ1) is 14.1. The molecule has 1 aliphatic heterocycles. The molecule has 7 heteroatoms. The van der Waals surface area contributed by atoms with Crippen LogP contribution in [0.15, 0.2) is 36.5 Å². The molecule has 0 bridgehead atoms. The Kier molecular flexibility index (Phi) is 8.29. The lowest BCUT2D eigenvalue weighted by atomic mass is 10.0. The summed E-state index contributed by atoms with van der Waals surface area (Å²) < 4.78 is 5.72. The molecule has 0 aliphatic carbocycles. The molecule has 158 valence electrons. The minimum absolute atomic E-state index is 0.0295. The number of fused-ring (bicyclic) bond motifs is 1. The number of ether oxygens (including phenoxy) is 1. The molecule has 1 saturated heterocycles. The van der Waals surface area contributed by atoms with Gasteiger partial charge in [-0.05, 0) is 25.0 Å². The average Bonchev–Trinajstić information content (AvgIpc) is 2.76. The quantitative estimate of drug-likeness (QED) is 0.485. The van der Waals surface area contributed by atoms with Crippen molar-refractivity contribution < 1.29 is 9.53 Å². The fraction of sp³-hybridized carbons (Fsp3) is 0.545. The molecular formula is C22H32N4O2S. The third kappa shape index (κ3) is 5.69. The van der Waals surface area contributed by atoms with Crippen molar-refractivity contribution in [2.24, 2.45) is 5.73 Å². The van der Waals surface area contributed by atoms with Crippen molar-refractivity contribution in [2.45, 2.75) is 31.8 Å². The molecule has 1 aromatic heterocycles. The van der Waals surface area contributed by atoms with Crippen LogP contribution in [0, 0.1) is 0 Å². The van der Waals surface area contributed by atoms with Gasteiger partial charge in [-0.15, -0.1) is 0 Å². The second-order valence-electron chi connectivity index (χ2n) is 7.62. The van der Waals surface area contributed by atoms with Gasteiger partial charge in [0.15, 0.2) is 0 Å². The number of aromatic nitrogens is 1. The zero-order chi connectivity index (χ0) is 20.6. The number of hydrogen-bond acceptors (Lipinski definition) is 6. The summed E-state index contributed by atoms with van der Waals surface area (Å²) in [5.74, 6) is 0.701. The maximum Gasteiger partial charge on any atom is 0.256 e. The number of para-hydroxylation sites is 1. The van der Waals surface area contributed by atoms with Gasteiger partial charge in [0.25, 0.3) is 5.91 Å². The molecular weight excluding hydrogens is 384 g/mol. The lowest BCUT2D eigenvalue weighted by Gasteiger charge is -2.42. The Morgan fingerprint density at radius 1 is 1.31 bits per heavy atom. The van der Waals surface area contributed by atoms with Crippen LogP contribution in [0.2, 0.25) is 0 Å². The van der Waals surface area contributed by atoms with Crippen LogP contribution in [-0.2, 0) is 4.74 Å². The number of piperazine rings is 1.